The smallest absolute Gasteiger partial charge is 0.216 e. The highest BCUT2D eigenvalue weighted by molar-refractivity contribution is 5.87. The molecule has 21 heavy (non-hydrogen) atoms. The number of nitriles is 1. The van der Waals surface area contributed by atoms with Crippen molar-refractivity contribution in [2.45, 2.75) is 6.92 Å². The number of anilines is 1. The summed E-state index contributed by atoms with van der Waals surface area (Å²) in [5.41, 5.74) is 3.56. The van der Waals surface area contributed by atoms with Crippen molar-refractivity contribution in [3.63, 3.8) is 0 Å². The summed E-state index contributed by atoms with van der Waals surface area (Å²) < 4.78 is 2.07. The number of allylic oxidation sites excluding steroid dienone is 1. The van der Waals surface area contributed by atoms with Gasteiger partial charge in [0, 0.05) is 30.5 Å². The van der Waals surface area contributed by atoms with Crippen LogP contribution in [0.1, 0.15) is 11.4 Å². The summed E-state index contributed by atoms with van der Waals surface area (Å²) in [6.45, 7) is 2.08. The lowest BCUT2D eigenvalue weighted by molar-refractivity contribution is 0.881. The Hall–Kier alpha value is -3.14. The van der Waals surface area contributed by atoms with Gasteiger partial charge in [-0.3, -0.25) is 0 Å². The first-order chi connectivity index (χ1) is 10.2. The molecule has 0 bridgehead atoms. The number of aromatic nitrogens is 5. The predicted molar refractivity (Wildman–Crippen MR) is 79.0 cm³/mol. The zero-order chi connectivity index (χ0) is 14.8. The number of aromatic amines is 1. The number of rotatable bonds is 3. The molecular weight excluding hydrogens is 266 g/mol. The van der Waals surface area contributed by atoms with Crippen LogP contribution in [0.15, 0.2) is 30.6 Å². The average Bonchev–Trinajstić information content (AvgIpc) is 3.10. The lowest BCUT2D eigenvalue weighted by Crippen LogP contribution is -1.93. The third-order valence-electron chi connectivity index (χ3n) is 3.28. The molecule has 1 aromatic carbocycles. The first kappa shape index (κ1) is 12.9. The highest BCUT2D eigenvalue weighted by Gasteiger charge is 2.06. The normalized spacial score (nSPS) is 11.6. The van der Waals surface area contributed by atoms with Gasteiger partial charge in [-0.05, 0) is 29.8 Å². The van der Waals surface area contributed by atoms with Gasteiger partial charge in [-0.25, -0.2) is 0 Å². The molecule has 0 fully saturated rings. The molecule has 3 aromatic rings. The third-order valence-corrected chi connectivity index (χ3v) is 3.28. The number of hydrogen-bond acceptors (Lipinski definition) is 5. The summed E-state index contributed by atoms with van der Waals surface area (Å²) in [6, 6.07) is 8.09. The number of tetrazole rings is 1. The maximum absolute atomic E-state index is 9.11. The van der Waals surface area contributed by atoms with E-state index < -0.39 is 0 Å². The van der Waals surface area contributed by atoms with E-state index in [0.29, 0.717) is 5.57 Å². The van der Waals surface area contributed by atoms with Crippen LogP contribution in [0.2, 0.25) is 0 Å². The van der Waals surface area contributed by atoms with E-state index >= 15 is 0 Å². The Labute approximate surface area is 120 Å². The molecule has 2 N–H and O–H groups in total. The van der Waals surface area contributed by atoms with Crippen LogP contribution in [0.5, 0.6) is 0 Å². The van der Waals surface area contributed by atoms with Gasteiger partial charge in [0.25, 0.3) is 0 Å². The molecule has 104 valence electrons. The molecule has 0 saturated heterocycles. The van der Waals surface area contributed by atoms with Crippen LogP contribution in [-0.4, -0.2) is 25.2 Å². The standard InChI is InChI=1S/C14H13N7/c1-9-8-21(2)13-5-11(3-4-12(9)13)16-7-10(6-15)14-17-19-20-18-14/h3-5,7-8,16H,1-2H3,(H,17,18,19,20). The maximum atomic E-state index is 9.11. The van der Waals surface area contributed by atoms with Crippen molar-refractivity contribution >= 4 is 22.2 Å². The number of benzene rings is 1. The van der Waals surface area contributed by atoms with Crippen LogP contribution in [0.25, 0.3) is 16.5 Å². The van der Waals surface area contributed by atoms with Crippen LogP contribution in [0, 0.1) is 18.3 Å². The first-order valence-corrected chi connectivity index (χ1v) is 6.35. The predicted octanol–water partition coefficient (Wildman–Crippen LogP) is 1.98. The zero-order valence-corrected chi connectivity index (χ0v) is 11.6. The highest BCUT2D eigenvalue weighted by atomic mass is 15.5. The highest BCUT2D eigenvalue weighted by Crippen LogP contribution is 2.23. The Morgan fingerprint density at radius 3 is 3.05 bits per heavy atom. The van der Waals surface area contributed by atoms with E-state index in [0.717, 1.165) is 11.2 Å². The van der Waals surface area contributed by atoms with E-state index in [2.05, 4.69) is 49.7 Å². The summed E-state index contributed by atoms with van der Waals surface area (Å²) >= 11 is 0. The van der Waals surface area contributed by atoms with E-state index in [1.165, 1.54) is 10.9 Å². The summed E-state index contributed by atoms with van der Waals surface area (Å²) in [7, 11) is 2.01. The SMILES string of the molecule is Cc1cn(C)c2cc(NC=C(C#N)c3nn[nH]n3)ccc12. The second-order valence-corrected chi connectivity index (χ2v) is 4.70. The summed E-state index contributed by atoms with van der Waals surface area (Å²) in [4.78, 5) is 0. The number of fused-ring (bicyclic) bond motifs is 1. The Morgan fingerprint density at radius 2 is 2.33 bits per heavy atom. The van der Waals surface area contributed by atoms with Gasteiger partial charge >= 0.3 is 0 Å². The molecule has 7 nitrogen and oxygen atoms in total. The molecule has 0 aliphatic rings. The fraction of sp³-hybridized carbons (Fsp3) is 0.143. The van der Waals surface area contributed by atoms with Crippen molar-refractivity contribution in [1.82, 2.24) is 25.2 Å². The summed E-state index contributed by atoms with van der Waals surface area (Å²) in [5, 5.41) is 26.8. The molecule has 0 aliphatic carbocycles. The van der Waals surface area contributed by atoms with Crippen molar-refractivity contribution in [3.05, 3.63) is 42.0 Å². The van der Waals surface area contributed by atoms with Gasteiger partial charge in [0.05, 0.1) is 5.52 Å². The Bertz CT molecular complexity index is 849. The lowest BCUT2D eigenvalue weighted by atomic mass is 10.2. The molecule has 0 atom stereocenters. The van der Waals surface area contributed by atoms with Gasteiger partial charge in [0.2, 0.25) is 5.82 Å². The monoisotopic (exact) mass is 279 g/mol. The van der Waals surface area contributed by atoms with Crippen molar-refractivity contribution in [1.29, 1.82) is 5.26 Å². The molecule has 2 heterocycles. The van der Waals surface area contributed by atoms with Gasteiger partial charge in [-0.15, -0.1) is 10.2 Å². The lowest BCUT2D eigenvalue weighted by Gasteiger charge is -2.03. The first-order valence-electron chi connectivity index (χ1n) is 6.35. The number of nitrogens with one attached hydrogen (secondary N) is 2. The van der Waals surface area contributed by atoms with Gasteiger partial charge in [0.15, 0.2) is 0 Å². The fourth-order valence-corrected chi connectivity index (χ4v) is 2.25. The van der Waals surface area contributed by atoms with E-state index in [1.807, 2.05) is 25.2 Å². The van der Waals surface area contributed by atoms with Crippen LogP contribution < -0.4 is 5.32 Å². The fourth-order valence-electron chi connectivity index (χ4n) is 2.25. The molecule has 0 saturated carbocycles. The molecule has 0 unspecified atom stereocenters. The molecular formula is C14H13N7. The molecule has 0 aliphatic heterocycles. The molecule has 0 amide bonds. The molecule has 0 spiro atoms. The van der Waals surface area contributed by atoms with Crippen LogP contribution >= 0.6 is 0 Å². The van der Waals surface area contributed by atoms with Crippen LogP contribution in [0.3, 0.4) is 0 Å². The summed E-state index contributed by atoms with van der Waals surface area (Å²) in [5.74, 6) is 0.265. The topological polar surface area (TPSA) is 95.2 Å². The number of H-pyrrole nitrogens is 1. The van der Waals surface area contributed by atoms with Gasteiger partial charge in [0.1, 0.15) is 11.6 Å². The van der Waals surface area contributed by atoms with E-state index in [9.17, 15) is 0 Å². The second kappa shape index (κ2) is 5.09. The number of nitrogens with zero attached hydrogens (tertiary/aromatic N) is 5. The number of aryl methyl sites for hydroxylation is 2. The van der Waals surface area contributed by atoms with Gasteiger partial charge < -0.3 is 9.88 Å². The van der Waals surface area contributed by atoms with Crippen molar-refractivity contribution in [3.8, 4) is 6.07 Å². The minimum Gasteiger partial charge on any atom is -0.360 e. The molecule has 3 rings (SSSR count). The quantitative estimate of drug-likeness (QED) is 0.715. The van der Waals surface area contributed by atoms with E-state index in [1.54, 1.807) is 6.20 Å². The Balaban J connectivity index is 1.92. The zero-order valence-electron chi connectivity index (χ0n) is 11.6. The second-order valence-electron chi connectivity index (χ2n) is 4.70. The van der Waals surface area contributed by atoms with Crippen molar-refractivity contribution in [2.24, 2.45) is 7.05 Å². The molecule has 0 radical (unpaired) electrons. The van der Waals surface area contributed by atoms with Gasteiger partial charge in [-0.2, -0.15) is 10.5 Å². The van der Waals surface area contributed by atoms with Crippen molar-refractivity contribution < 1.29 is 0 Å². The van der Waals surface area contributed by atoms with Gasteiger partial charge in [-0.1, -0.05) is 6.07 Å². The van der Waals surface area contributed by atoms with E-state index in [4.69, 9.17) is 5.26 Å². The van der Waals surface area contributed by atoms with E-state index in [-0.39, 0.29) is 5.82 Å². The Kier molecular flexibility index (Phi) is 3.12. The largest absolute Gasteiger partial charge is 0.360 e. The van der Waals surface area contributed by atoms with Crippen LogP contribution in [0.4, 0.5) is 5.69 Å². The maximum Gasteiger partial charge on any atom is 0.216 e. The third kappa shape index (κ3) is 2.34. The molecule has 2 aromatic heterocycles. The Morgan fingerprint density at radius 1 is 1.48 bits per heavy atom. The number of hydrogen-bond donors (Lipinski definition) is 2. The summed E-state index contributed by atoms with van der Waals surface area (Å²) in [6.07, 6.45) is 3.66. The minimum absolute atomic E-state index is 0.265. The minimum atomic E-state index is 0.265. The molecule has 7 heteroatoms. The van der Waals surface area contributed by atoms with Crippen molar-refractivity contribution in [2.75, 3.05) is 5.32 Å². The average molecular weight is 279 g/mol. The van der Waals surface area contributed by atoms with Crippen LogP contribution in [-0.2, 0) is 7.05 Å².